The summed E-state index contributed by atoms with van der Waals surface area (Å²) in [5.41, 5.74) is 3.22. The summed E-state index contributed by atoms with van der Waals surface area (Å²) in [4.78, 5) is 30.7. The monoisotopic (exact) mass is 406 g/mol. The molecule has 1 amide bonds. The molecule has 2 aromatic heterocycles. The third-order valence-electron chi connectivity index (χ3n) is 5.55. The van der Waals surface area contributed by atoms with Crippen molar-refractivity contribution in [3.63, 3.8) is 0 Å². The number of fused-ring (bicyclic) bond motifs is 1. The van der Waals surface area contributed by atoms with Crippen LogP contribution in [0, 0.1) is 5.92 Å². The molecule has 4 rings (SSSR count). The lowest BCUT2D eigenvalue weighted by atomic mass is 9.88. The maximum Gasteiger partial charge on any atom is 0.223 e. The topological polar surface area (TPSA) is 86.9 Å². The molecule has 0 radical (unpaired) electrons. The smallest absolute Gasteiger partial charge is 0.223 e. The van der Waals surface area contributed by atoms with Crippen LogP contribution < -0.4 is 10.6 Å². The number of pyridine rings is 1. The van der Waals surface area contributed by atoms with Crippen LogP contribution in [0.1, 0.15) is 37.7 Å². The first-order chi connectivity index (χ1) is 14.7. The van der Waals surface area contributed by atoms with Gasteiger partial charge in [0.2, 0.25) is 5.91 Å². The molecule has 3 aromatic rings. The Labute approximate surface area is 177 Å². The Morgan fingerprint density at radius 3 is 2.57 bits per heavy atom. The van der Waals surface area contributed by atoms with Crippen LogP contribution in [-0.4, -0.2) is 35.3 Å². The summed E-state index contributed by atoms with van der Waals surface area (Å²) in [6.07, 6.45) is 12.2. The number of benzene rings is 1. The van der Waals surface area contributed by atoms with Crippen LogP contribution in [0.5, 0.6) is 0 Å². The second-order valence-corrected chi connectivity index (χ2v) is 7.64. The summed E-state index contributed by atoms with van der Waals surface area (Å²) in [7, 11) is 1.88. The average Bonchev–Trinajstić information content (AvgIpc) is 3.23. The molecule has 30 heavy (non-hydrogen) atoms. The molecule has 6 nitrogen and oxygen atoms in total. The molecule has 0 bridgehead atoms. The molecule has 3 N–H and O–H groups in total. The van der Waals surface area contributed by atoms with Crippen LogP contribution in [0.25, 0.3) is 10.9 Å². The van der Waals surface area contributed by atoms with E-state index in [2.05, 4.69) is 20.6 Å². The van der Waals surface area contributed by atoms with Crippen LogP contribution >= 0.6 is 0 Å². The fraction of sp³-hybridized carbons (Fsp3) is 0.375. The Morgan fingerprint density at radius 2 is 1.90 bits per heavy atom. The molecule has 6 heteroatoms. The molecule has 1 aliphatic carbocycles. The van der Waals surface area contributed by atoms with E-state index in [0.29, 0.717) is 6.42 Å². The van der Waals surface area contributed by atoms with Crippen molar-refractivity contribution in [2.24, 2.45) is 5.92 Å². The maximum absolute atomic E-state index is 12.3. The summed E-state index contributed by atoms with van der Waals surface area (Å²) < 4.78 is 0. The third-order valence-corrected chi connectivity index (χ3v) is 5.55. The van der Waals surface area contributed by atoms with E-state index in [1.165, 1.54) is 6.42 Å². The molecule has 1 aliphatic rings. The van der Waals surface area contributed by atoms with Gasteiger partial charge in [-0.25, -0.2) is 0 Å². The van der Waals surface area contributed by atoms with Crippen LogP contribution in [0.3, 0.4) is 0 Å². The van der Waals surface area contributed by atoms with Crippen LogP contribution in [0.4, 0.5) is 5.69 Å². The van der Waals surface area contributed by atoms with E-state index in [0.717, 1.165) is 54.1 Å². The van der Waals surface area contributed by atoms with Crippen molar-refractivity contribution in [2.45, 2.75) is 44.6 Å². The Morgan fingerprint density at radius 1 is 1.17 bits per heavy atom. The fourth-order valence-corrected chi connectivity index (χ4v) is 3.85. The van der Waals surface area contributed by atoms with Gasteiger partial charge in [-0.3, -0.25) is 9.78 Å². The minimum Gasteiger partial charge on any atom is -0.388 e. The average molecular weight is 407 g/mol. The molecular weight excluding hydrogens is 376 g/mol. The van der Waals surface area contributed by atoms with Gasteiger partial charge in [-0.1, -0.05) is 37.5 Å². The molecule has 1 fully saturated rings. The number of amides is 1. The number of aromatic nitrogens is 2. The zero-order valence-electron chi connectivity index (χ0n) is 17.4. The van der Waals surface area contributed by atoms with Crippen molar-refractivity contribution in [1.82, 2.24) is 15.3 Å². The Balaban J connectivity index is 0.000000269. The highest BCUT2D eigenvalue weighted by molar-refractivity contribution is 5.85. The first kappa shape index (κ1) is 21.6. The quantitative estimate of drug-likeness (QED) is 0.538. The van der Waals surface area contributed by atoms with E-state index in [-0.39, 0.29) is 11.8 Å². The summed E-state index contributed by atoms with van der Waals surface area (Å²) >= 11 is 0. The molecular formula is C24H30N4O2. The molecule has 1 atom stereocenters. The Bertz CT molecular complexity index is 933. The maximum atomic E-state index is 12.3. The van der Waals surface area contributed by atoms with E-state index in [1.54, 1.807) is 12.4 Å². The second-order valence-electron chi connectivity index (χ2n) is 7.64. The highest BCUT2D eigenvalue weighted by atomic mass is 16.2. The number of hydrogen-bond donors (Lipinski definition) is 3. The Hall–Kier alpha value is -3.15. The van der Waals surface area contributed by atoms with Crippen LogP contribution in [-0.2, 0) is 16.0 Å². The second kappa shape index (κ2) is 11.1. The number of hydrogen-bond acceptors (Lipinski definition) is 4. The first-order valence-corrected chi connectivity index (χ1v) is 10.6. The summed E-state index contributed by atoms with van der Waals surface area (Å²) in [6.45, 7) is 0. The minimum absolute atomic E-state index is 0.0386. The summed E-state index contributed by atoms with van der Waals surface area (Å²) in [6, 6.07) is 11.4. The number of nitrogens with one attached hydrogen (secondary N) is 3. The standard InChI is InChI=1S/C18H22N2O2.C6H8N2/c21-12-15(20-18(22)13-6-2-1-3-7-13)10-14-11-19-17-9-5-4-8-16(14)17;1-7-6-2-4-8-5-3-6/h4-5,8-9,11-13,15,19H,1-3,6-7,10H2,(H,20,22);2-5H,1H3,(H,7,8)/t15-;/m0./s1. The summed E-state index contributed by atoms with van der Waals surface area (Å²) in [5.74, 6) is 0.121. The minimum atomic E-state index is -0.450. The lowest BCUT2D eigenvalue weighted by Crippen LogP contribution is -2.41. The van der Waals surface area contributed by atoms with Gasteiger partial charge in [0, 0.05) is 54.6 Å². The van der Waals surface area contributed by atoms with Gasteiger partial charge >= 0.3 is 0 Å². The van der Waals surface area contributed by atoms with Gasteiger partial charge in [-0.15, -0.1) is 0 Å². The predicted octanol–water partition coefficient (Wildman–Crippen LogP) is 4.10. The molecule has 0 spiro atoms. The van der Waals surface area contributed by atoms with Crippen molar-refractivity contribution in [2.75, 3.05) is 12.4 Å². The van der Waals surface area contributed by atoms with Gasteiger partial charge < -0.3 is 20.4 Å². The molecule has 0 unspecified atom stereocenters. The number of aldehydes is 1. The van der Waals surface area contributed by atoms with Gasteiger partial charge in [0.1, 0.15) is 6.29 Å². The van der Waals surface area contributed by atoms with Crippen molar-refractivity contribution < 1.29 is 9.59 Å². The van der Waals surface area contributed by atoms with Gasteiger partial charge in [0.15, 0.2) is 0 Å². The number of H-pyrrole nitrogens is 1. The zero-order chi connectivity index (χ0) is 21.2. The number of carbonyl (C=O) groups is 2. The van der Waals surface area contributed by atoms with E-state index < -0.39 is 6.04 Å². The molecule has 0 saturated heterocycles. The number of anilines is 1. The Kier molecular flexibility index (Phi) is 8.01. The van der Waals surface area contributed by atoms with Gasteiger partial charge in [-0.05, 0) is 36.6 Å². The highest BCUT2D eigenvalue weighted by Gasteiger charge is 2.23. The van der Waals surface area contributed by atoms with Crippen LogP contribution in [0.15, 0.2) is 55.0 Å². The van der Waals surface area contributed by atoms with Crippen molar-refractivity contribution in [3.8, 4) is 0 Å². The fourth-order valence-electron chi connectivity index (χ4n) is 3.85. The van der Waals surface area contributed by atoms with E-state index in [9.17, 15) is 9.59 Å². The third kappa shape index (κ3) is 5.92. The molecule has 0 aliphatic heterocycles. The van der Waals surface area contributed by atoms with Crippen molar-refractivity contribution >= 4 is 28.8 Å². The number of nitrogens with zero attached hydrogens (tertiary/aromatic N) is 1. The van der Waals surface area contributed by atoms with Gasteiger partial charge in [-0.2, -0.15) is 0 Å². The largest absolute Gasteiger partial charge is 0.388 e. The van der Waals surface area contributed by atoms with E-state index >= 15 is 0 Å². The SMILES string of the molecule is CNc1ccncc1.O=C[C@H](Cc1c[nH]c2ccccc12)NC(=O)C1CCCCC1. The normalized spacial score (nSPS) is 15.0. The molecule has 1 saturated carbocycles. The molecule has 2 heterocycles. The number of rotatable bonds is 6. The number of para-hydroxylation sites is 1. The van der Waals surface area contributed by atoms with E-state index in [1.807, 2.05) is 49.6 Å². The van der Waals surface area contributed by atoms with Gasteiger partial charge in [0.05, 0.1) is 6.04 Å². The highest BCUT2D eigenvalue weighted by Crippen LogP contribution is 2.24. The van der Waals surface area contributed by atoms with Crippen LogP contribution in [0.2, 0.25) is 0 Å². The lowest BCUT2D eigenvalue weighted by Gasteiger charge is -2.22. The summed E-state index contributed by atoms with van der Waals surface area (Å²) in [5, 5.41) is 7.02. The first-order valence-electron chi connectivity index (χ1n) is 10.6. The number of carbonyl (C=O) groups excluding carboxylic acids is 2. The zero-order valence-corrected chi connectivity index (χ0v) is 17.4. The van der Waals surface area contributed by atoms with Crippen molar-refractivity contribution in [3.05, 3.63) is 60.6 Å². The lowest BCUT2D eigenvalue weighted by molar-refractivity contribution is -0.128. The number of aromatic amines is 1. The van der Waals surface area contributed by atoms with E-state index in [4.69, 9.17) is 0 Å². The van der Waals surface area contributed by atoms with Crippen molar-refractivity contribution in [1.29, 1.82) is 0 Å². The molecule has 1 aromatic carbocycles. The molecule has 158 valence electrons. The predicted molar refractivity (Wildman–Crippen MR) is 120 cm³/mol. The van der Waals surface area contributed by atoms with Gasteiger partial charge in [0.25, 0.3) is 0 Å².